The molecule has 1 amide bonds. The van der Waals surface area contributed by atoms with E-state index >= 15 is 0 Å². The van der Waals surface area contributed by atoms with Crippen LogP contribution in [0.25, 0.3) is 6.08 Å². The predicted octanol–water partition coefficient (Wildman–Crippen LogP) is 3.51. The summed E-state index contributed by atoms with van der Waals surface area (Å²) in [6, 6.07) is 5.14. The van der Waals surface area contributed by atoms with Gasteiger partial charge >= 0.3 is 0 Å². The topological polar surface area (TPSA) is 72.9 Å². The molecular weight excluding hydrogens is 430 g/mol. The highest BCUT2D eigenvalue weighted by atomic mass is 32.2. The number of hydrogen-bond acceptors (Lipinski definition) is 7. The third kappa shape index (κ3) is 5.32. The van der Waals surface area contributed by atoms with Crippen LogP contribution in [0.1, 0.15) is 32.3 Å². The van der Waals surface area contributed by atoms with Crippen molar-refractivity contribution in [1.82, 2.24) is 4.90 Å². The average Bonchev–Trinajstić information content (AvgIpc) is 3.13. The van der Waals surface area contributed by atoms with E-state index in [9.17, 15) is 13.2 Å². The van der Waals surface area contributed by atoms with Crippen molar-refractivity contribution >= 4 is 50.1 Å². The Balaban J connectivity index is 1.76. The second-order valence-corrected chi connectivity index (χ2v) is 11.5. The Kier molecular flexibility index (Phi) is 6.90. The highest BCUT2D eigenvalue weighted by Crippen LogP contribution is 2.37. The van der Waals surface area contributed by atoms with Crippen LogP contribution in [0.5, 0.6) is 11.5 Å². The molecule has 1 aromatic rings. The molecule has 2 aliphatic heterocycles. The molecular formula is C20H25NO5S3. The van der Waals surface area contributed by atoms with Crippen molar-refractivity contribution in [3.63, 3.8) is 0 Å². The van der Waals surface area contributed by atoms with Crippen molar-refractivity contribution in [2.75, 3.05) is 25.2 Å². The van der Waals surface area contributed by atoms with Gasteiger partial charge in [0.1, 0.15) is 4.32 Å². The molecule has 0 spiro atoms. The van der Waals surface area contributed by atoms with E-state index in [0.29, 0.717) is 39.7 Å². The number of nitrogens with zero attached hydrogens (tertiary/aromatic N) is 1. The van der Waals surface area contributed by atoms with E-state index in [2.05, 4.69) is 13.8 Å². The van der Waals surface area contributed by atoms with Crippen LogP contribution < -0.4 is 9.47 Å². The van der Waals surface area contributed by atoms with E-state index in [1.54, 1.807) is 13.2 Å². The van der Waals surface area contributed by atoms with Crippen LogP contribution in [0.2, 0.25) is 0 Å². The molecule has 6 nitrogen and oxygen atoms in total. The van der Waals surface area contributed by atoms with Gasteiger partial charge in [0.15, 0.2) is 21.3 Å². The predicted molar refractivity (Wildman–Crippen MR) is 120 cm³/mol. The number of amides is 1. The first-order valence-corrected chi connectivity index (χ1v) is 12.5. The lowest BCUT2D eigenvalue weighted by atomic mass is 10.1. The molecule has 2 fully saturated rings. The van der Waals surface area contributed by atoms with Crippen LogP contribution >= 0.6 is 24.0 Å². The monoisotopic (exact) mass is 455 g/mol. The Morgan fingerprint density at radius 2 is 2.10 bits per heavy atom. The largest absolute Gasteiger partial charge is 0.493 e. The minimum Gasteiger partial charge on any atom is -0.493 e. The van der Waals surface area contributed by atoms with Crippen LogP contribution in [0.4, 0.5) is 0 Å². The minimum atomic E-state index is -3.10. The summed E-state index contributed by atoms with van der Waals surface area (Å²) in [5.74, 6) is 1.65. The van der Waals surface area contributed by atoms with Crippen LogP contribution in [0, 0.1) is 5.92 Å². The fraction of sp³-hybridized carbons (Fsp3) is 0.500. The number of thiocarbonyl (C=S) groups is 1. The van der Waals surface area contributed by atoms with E-state index < -0.39 is 9.84 Å². The van der Waals surface area contributed by atoms with Crippen molar-refractivity contribution < 1.29 is 22.7 Å². The van der Waals surface area contributed by atoms with Gasteiger partial charge in [0.05, 0.1) is 36.2 Å². The number of carbonyl (C=O) groups excluding carboxylic acids is 1. The second kappa shape index (κ2) is 9.06. The molecule has 0 aromatic heterocycles. The fourth-order valence-electron chi connectivity index (χ4n) is 3.22. The lowest BCUT2D eigenvalue weighted by Crippen LogP contribution is -2.39. The van der Waals surface area contributed by atoms with Gasteiger partial charge in [0.2, 0.25) is 0 Å². The summed E-state index contributed by atoms with van der Waals surface area (Å²) < 4.78 is 35.2. The first kappa shape index (κ1) is 22.1. The molecule has 0 aliphatic carbocycles. The molecule has 29 heavy (non-hydrogen) atoms. The van der Waals surface area contributed by atoms with E-state index in [0.717, 1.165) is 12.0 Å². The third-order valence-electron chi connectivity index (χ3n) is 4.84. The molecule has 0 bridgehead atoms. The van der Waals surface area contributed by atoms with Gasteiger partial charge in [-0.05, 0) is 42.5 Å². The summed E-state index contributed by atoms with van der Waals surface area (Å²) >= 11 is 6.55. The quantitative estimate of drug-likeness (QED) is 0.460. The fourth-order valence-corrected chi connectivity index (χ4v) is 6.32. The maximum absolute atomic E-state index is 12.8. The summed E-state index contributed by atoms with van der Waals surface area (Å²) in [4.78, 5) is 14.8. The lowest BCUT2D eigenvalue weighted by Gasteiger charge is -2.20. The molecule has 1 aromatic carbocycles. The normalized spacial score (nSPS) is 22.7. The molecule has 9 heteroatoms. The maximum atomic E-state index is 12.8. The van der Waals surface area contributed by atoms with Crippen LogP contribution in [-0.4, -0.2) is 54.8 Å². The van der Waals surface area contributed by atoms with Crippen molar-refractivity contribution in [3.8, 4) is 11.5 Å². The van der Waals surface area contributed by atoms with Crippen molar-refractivity contribution in [2.24, 2.45) is 5.92 Å². The standard InChI is InChI=1S/C20H25NO5S3/c1-13(2)6-8-26-16-5-4-14(10-17(16)25-3)11-18-19(22)21(20(27)28-18)15-7-9-29(23,24)12-15/h4-5,10-11,13,15H,6-9,12H2,1-3H3/b18-11+/t15-/m1/s1. The number of carbonyl (C=O) groups is 1. The highest BCUT2D eigenvalue weighted by molar-refractivity contribution is 8.26. The SMILES string of the molecule is COc1cc(/C=C2/SC(=S)N([C@@H]3CCS(=O)(=O)C3)C2=O)ccc1OCCC(C)C. The molecule has 0 N–H and O–H groups in total. The number of benzene rings is 1. The zero-order valence-electron chi connectivity index (χ0n) is 16.7. The van der Waals surface area contributed by atoms with E-state index in [4.69, 9.17) is 21.7 Å². The van der Waals surface area contributed by atoms with E-state index in [1.807, 2.05) is 18.2 Å². The van der Waals surface area contributed by atoms with Gasteiger partial charge in [-0.15, -0.1) is 0 Å². The minimum absolute atomic E-state index is 0.0248. The number of ether oxygens (including phenoxy) is 2. The van der Waals surface area contributed by atoms with Gasteiger partial charge in [0.25, 0.3) is 5.91 Å². The van der Waals surface area contributed by atoms with Crippen molar-refractivity contribution in [1.29, 1.82) is 0 Å². The summed E-state index contributed by atoms with van der Waals surface area (Å²) in [5, 5.41) is 0. The Morgan fingerprint density at radius 1 is 1.34 bits per heavy atom. The van der Waals surface area contributed by atoms with E-state index in [-0.39, 0.29) is 23.5 Å². The smallest absolute Gasteiger partial charge is 0.266 e. The van der Waals surface area contributed by atoms with Gasteiger partial charge in [-0.25, -0.2) is 8.42 Å². The molecule has 0 unspecified atom stereocenters. The number of hydrogen-bond donors (Lipinski definition) is 0. The van der Waals surface area contributed by atoms with Gasteiger partial charge in [-0.3, -0.25) is 9.69 Å². The van der Waals surface area contributed by atoms with Gasteiger partial charge in [-0.1, -0.05) is 43.9 Å². The van der Waals surface area contributed by atoms with E-state index in [1.165, 1.54) is 16.7 Å². The molecule has 2 heterocycles. The summed E-state index contributed by atoms with van der Waals surface area (Å²) in [6.45, 7) is 4.89. The Bertz CT molecular complexity index is 939. The average molecular weight is 456 g/mol. The number of sulfone groups is 1. The molecule has 3 rings (SSSR count). The lowest BCUT2D eigenvalue weighted by molar-refractivity contribution is -0.123. The molecule has 1 atom stereocenters. The Labute approximate surface area is 181 Å². The summed E-state index contributed by atoms with van der Waals surface area (Å²) in [7, 11) is -1.52. The van der Waals surface area contributed by atoms with Crippen molar-refractivity contribution in [3.05, 3.63) is 28.7 Å². The highest BCUT2D eigenvalue weighted by Gasteiger charge is 2.42. The van der Waals surface area contributed by atoms with Crippen LogP contribution in [-0.2, 0) is 14.6 Å². The van der Waals surface area contributed by atoms with Gasteiger partial charge < -0.3 is 9.47 Å². The molecule has 0 radical (unpaired) electrons. The first-order chi connectivity index (χ1) is 13.7. The molecule has 2 aliphatic rings. The van der Waals surface area contributed by atoms with Crippen molar-refractivity contribution in [2.45, 2.75) is 32.7 Å². The number of methoxy groups -OCH3 is 1. The van der Waals surface area contributed by atoms with Crippen LogP contribution in [0.3, 0.4) is 0 Å². The zero-order chi connectivity index (χ0) is 21.2. The third-order valence-corrected chi connectivity index (χ3v) is 7.92. The number of rotatable bonds is 7. The first-order valence-electron chi connectivity index (χ1n) is 9.48. The Morgan fingerprint density at radius 3 is 2.72 bits per heavy atom. The Hall–Kier alpha value is -1.58. The molecule has 158 valence electrons. The zero-order valence-corrected chi connectivity index (χ0v) is 19.2. The maximum Gasteiger partial charge on any atom is 0.266 e. The molecule has 0 saturated carbocycles. The van der Waals surface area contributed by atoms with Gasteiger partial charge in [0, 0.05) is 0 Å². The summed E-state index contributed by atoms with van der Waals surface area (Å²) in [5.41, 5.74) is 0.789. The second-order valence-electron chi connectivity index (χ2n) is 7.55. The summed E-state index contributed by atoms with van der Waals surface area (Å²) in [6.07, 6.45) is 3.13. The molecule has 2 saturated heterocycles. The van der Waals surface area contributed by atoms with Gasteiger partial charge in [-0.2, -0.15) is 0 Å². The van der Waals surface area contributed by atoms with Crippen LogP contribution in [0.15, 0.2) is 23.1 Å². The number of thioether (sulfide) groups is 1.